The molecule has 0 saturated carbocycles. The van der Waals surface area contributed by atoms with E-state index in [1.54, 1.807) is 19.2 Å². The number of hydrogen-bond acceptors (Lipinski definition) is 3. The van der Waals surface area contributed by atoms with Gasteiger partial charge >= 0.3 is 0 Å². The smallest absolute Gasteiger partial charge is 0.127 e. The van der Waals surface area contributed by atoms with Crippen LogP contribution in [0.15, 0.2) is 42.5 Å². The van der Waals surface area contributed by atoms with Crippen LogP contribution in [0, 0.1) is 0 Å². The summed E-state index contributed by atoms with van der Waals surface area (Å²) in [5.41, 5.74) is 1.58. The quantitative estimate of drug-likeness (QED) is 0.885. The van der Waals surface area contributed by atoms with Crippen molar-refractivity contribution < 1.29 is 14.6 Å². The SMILES string of the molecule is CCCOc1ccccc1-c1cc(OC)ccc1O. The Labute approximate surface area is 113 Å². The minimum Gasteiger partial charge on any atom is -0.507 e. The van der Waals surface area contributed by atoms with Crippen LogP contribution in [0.1, 0.15) is 13.3 Å². The largest absolute Gasteiger partial charge is 0.507 e. The van der Waals surface area contributed by atoms with Crippen LogP contribution in [0.5, 0.6) is 17.2 Å². The first-order chi connectivity index (χ1) is 9.26. The van der Waals surface area contributed by atoms with E-state index in [0.29, 0.717) is 17.9 Å². The van der Waals surface area contributed by atoms with Crippen molar-refractivity contribution in [3.8, 4) is 28.4 Å². The van der Waals surface area contributed by atoms with Gasteiger partial charge in [-0.15, -0.1) is 0 Å². The molecule has 0 aromatic heterocycles. The number of para-hydroxylation sites is 1. The Morgan fingerprint density at radius 3 is 2.58 bits per heavy atom. The Morgan fingerprint density at radius 2 is 1.84 bits per heavy atom. The van der Waals surface area contributed by atoms with Crippen molar-refractivity contribution in [2.45, 2.75) is 13.3 Å². The second kappa shape index (κ2) is 6.14. The second-order valence-electron chi connectivity index (χ2n) is 4.23. The van der Waals surface area contributed by atoms with Gasteiger partial charge in [-0.3, -0.25) is 0 Å². The summed E-state index contributed by atoms with van der Waals surface area (Å²) in [6.07, 6.45) is 0.943. The van der Waals surface area contributed by atoms with E-state index in [1.165, 1.54) is 0 Å². The average Bonchev–Trinajstić information content (AvgIpc) is 2.46. The Hall–Kier alpha value is -2.16. The van der Waals surface area contributed by atoms with Gasteiger partial charge in [0, 0.05) is 11.1 Å². The molecule has 0 aliphatic rings. The molecule has 0 saturated heterocycles. The number of methoxy groups -OCH3 is 1. The molecule has 0 aliphatic heterocycles. The molecular formula is C16H18O3. The summed E-state index contributed by atoms with van der Waals surface area (Å²) in [6.45, 7) is 2.72. The topological polar surface area (TPSA) is 38.7 Å². The van der Waals surface area contributed by atoms with Gasteiger partial charge in [0.1, 0.15) is 17.2 Å². The molecule has 0 radical (unpaired) electrons. The zero-order valence-electron chi connectivity index (χ0n) is 11.2. The fraction of sp³-hybridized carbons (Fsp3) is 0.250. The number of benzene rings is 2. The summed E-state index contributed by atoms with van der Waals surface area (Å²) in [5.74, 6) is 1.69. The number of rotatable bonds is 5. The third-order valence-electron chi connectivity index (χ3n) is 2.84. The minimum atomic E-state index is 0.216. The zero-order chi connectivity index (χ0) is 13.7. The van der Waals surface area contributed by atoms with E-state index in [9.17, 15) is 5.11 Å². The van der Waals surface area contributed by atoms with Gasteiger partial charge in [0.15, 0.2) is 0 Å². The van der Waals surface area contributed by atoms with Gasteiger partial charge in [0.05, 0.1) is 13.7 Å². The van der Waals surface area contributed by atoms with Gasteiger partial charge in [-0.2, -0.15) is 0 Å². The van der Waals surface area contributed by atoms with Gasteiger partial charge < -0.3 is 14.6 Å². The van der Waals surface area contributed by atoms with Crippen molar-refractivity contribution in [3.63, 3.8) is 0 Å². The van der Waals surface area contributed by atoms with Crippen LogP contribution >= 0.6 is 0 Å². The van der Waals surface area contributed by atoms with Crippen molar-refractivity contribution in [1.29, 1.82) is 0 Å². The molecule has 100 valence electrons. The van der Waals surface area contributed by atoms with Gasteiger partial charge in [-0.25, -0.2) is 0 Å². The fourth-order valence-electron chi connectivity index (χ4n) is 1.88. The van der Waals surface area contributed by atoms with Gasteiger partial charge in [-0.05, 0) is 30.7 Å². The van der Waals surface area contributed by atoms with Crippen LogP contribution in [-0.2, 0) is 0 Å². The highest BCUT2D eigenvalue weighted by Gasteiger charge is 2.11. The normalized spacial score (nSPS) is 10.2. The predicted molar refractivity (Wildman–Crippen MR) is 75.9 cm³/mol. The minimum absolute atomic E-state index is 0.216. The van der Waals surface area contributed by atoms with E-state index in [-0.39, 0.29) is 5.75 Å². The van der Waals surface area contributed by atoms with Crippen LogP contribution in [-0.4, -0.2) is 18.8 Å². The molecule has 0 spiro atoms. The lowest BCUT2D eigenvalue weighted by Gasteiger charge is -2.13. The lowest BCUT2D eigenvalue weighted by atomic mass is 10.0. The maximum Gasteiger partial charge on any atom is 0.127 e. The highest BCUT2D eigenvalue weighted by atomic mass is 16.5. The number of phenols is 1. The molecular weight excluding hydrogens is 240 g/mol. The molecule has 0 bridgehead atoms. The third-order valence-corrected chi connectivity index (χ3v) is 2.84. The van der Waals surface area contributed by atoms with Crippen LogP contribution in [0.4, 0.5) is 0 Å². The average molecular weight is 258 g/mol. The highest BCUT2D eigenvalue weighted by molar-refractivity contribution is 5.76. The number of hydrogen-bond donors (Lipinski definition) is 1. The van der Waals surface area contributed by atoms with Crippen molar-refractivity contribution in [2.24, 2.45) is 0 Å². The van der Waals surface area contributed by atoms with E-state index in [0.717, 1.165) is 17.7 Å². The molecule has 19 heavy (non-hydrogen) atoms. The number of ether oxygens (including phenoxy) is 2. The summed E-state index contributed by atoms with van der Waals surface area (Å²) in [7, 11) is 1.61. The van der Waals surface area contributed by atoms with Crippen molar-refractivity contribution in [2.75, 3.05) is 13.7 Å². The maximum atomic E-state index is 10.0. The zero-order valence-corrected chi connectivity index (χ0v) is 11.2. The Bertz CT molecular complexity index is 549. The van der Waals surface area contributed by atoms with Gasteiger partial charge in [0.25, 0.3) is 0 Å². The molecule has 3 nitrogen and oxygen atoms in total. The Morgan fingerprint density at radius 1 is 1.05 bits per heavy atom. The first-order valence-electron chi connectivity index (χ1n) is 6.35. The molecule has 2 aromatic rings. The number of aromatic hydroxyl groups is 1. The molecule has 2 aromatic carbocycles. The van der Waals surface area contributed by atoms with Crippen molar-refractivity contribution in [3.05, 3.63) is 42.5 Å². The summed E-state index contributed by atoms with van der Waals surface area (Å²) in [5, 5.41) is 10.0. The van der Waals surface area contributed by atoms with Crippen LogP contribution in [0.3, 0.4) is 0 Å². The first-order valence-corrected chi connectivity index (χ1v) is 6.35. The summed E-state index contributed by atoms with van der Waals surface area (Å²) in [4.78, 5) is 0. The standard InChI is InChI=1S/C16H18O3/c1-3-10-19-16-7-5-4-6-13(16)14-11-12(18-2)8-9-15(14)17/h4-9,11,17H,3,10H2,1-2H3. The van der Waals surface area contributed by atoms with Gasteiger partial charge in [0.2, 0.25) is 0 Å². The molecule has 3 heteroatoms. The second-order valence-corrected chi connectivity index (χ2v) is 4.23. The molecule has 1 N–H and O–H groups in total. The molecule has 0 amide bonds. The Balaban J connectivity index is 2.45. The number of phenolic OH excluding ortho intramolecular Hbond substituents is 1. The lowest BCUT2D eigenvalue weighted by Crippen LogP contribution is -1.97. The first kappa shape index (κ1) is 13.3. The predicted octanol–water partition coefficient (Wildman–Crippen LogP) is 3.86. The molecule has 0 heterocycles. The van der Waals surface area contributed by atoms with E-state index >= 15 is 0 Å². The molecule has 0 unspecified atom stereocenters. The molecule has 0 atom stereocenters. The fourth-order valence-corrected chi connectivity index (χ4v) is 1.88. The molecule has 0 aliphatic carbocycles. The summed E-state index contributed by atoms with van der Waals surface area (Å²) < 4.78 is 10.9. The lowest BCUT2D eigenvalue weighted by molar-refractivity contribution is 0.318. The van der Waals surface area contributed by atoms with E-state index in [1.807, 2.05) is 30.3 Å². The summed E-state index contributed by atoms with van der Waals surface area (Å²) >= 11 is 0. The van der Waals surface area contributed by atoms with E-state index in [2.05, 4.69) is 6.92 Å². The molecule has 2 rings (SSSR count). The maximum absolute atomic E-state index is 10.0. The highest BCUT2D eigenvalue weighted by Crippen LogP contribution is 2.37. The molecule has 0 fully saturated rings. The van der Waals surface area contributed by atoms with Gasteiger partial charge in [-0.1, -0.05) is 25.1 Å². The van der Waals surface area contributed by atoms with E-state index < -0.39 is 0 Å². The van der Waals surface area contributed by atoms with Crippen LogP contribution in [0.25, 0.3) is 11.1 Å². The summed E-state index contributed by atoms with van der Waals surface area (Å²) in [6, 6.07) is 12.9. The van der Waals surface area contributed by atoms with Crippen LogP contribution < -0.4 is 9.47 Å². The van der Waals surface area contributed by atoms with Crippen LogP contribution in [0.2, 0.25) is 0 Å². The monoisotopic (exact) mass is 258 g/mol. The third kappa shape index (κ3) is 2.99. The Kier molecular flexibility index (Phi) is 4.29. The van der Waals surface area contributed by atoms with E-state index in [4.69, 9.17) is 9.47 Å². The van der Waals surface area contributed by atoms with Crippen molar-refractivity contribution >= 4 is 0 Å². The van der Waals surface area contributed by atoms with Crippen molar-refractivity contribution in [1.82, 2.24) is 0 Å².